The van der Waals surface area contributed by atoms with Gasteiger partial charge in [-0.3, -0.25) is 9.48 Å². The zero-order chi connectivity index (χ0) is 12.3. The van der Waals surface area contributed by atoms with Crippen molar-refractivity contribution in [3.63, 3.8) is 0 Å². The van der Waals surface area contributed by atoms with Crippen LogP contribution in [0, 0.1) is 0 Å². The number of aromatic nitrogens is 2. The van der Waals surface area contributed by atoms with Crippen molar-refractivity contribution >= 4 is 11.6 Å². The van der Waals surface area contributed by atoms with Gasteiger partial charge in [-0.15, -0.1) is 0 Å². The molecule has 1 aromatic carbocycles. The van der Waals surface area contributed by atoms with Crippen molar-refractivity contribution < 1.29 is 4.79 Å². The van der Waals surface area contributed by atoms with Gasteiger partial charge in [0.2, 0.25) is 5.91 Å². The van der Waals surface area contributed by atoms with E-state index in [-0.39, 0.29) is 5.91 Å². The number of anilines is 1. The quantitative estimate of drug-likeness (QED) is 0.878. The third-order valence-electron chi connectivity index (χ3n) is 2.51. The Morgan fingerprint density at radius 1 is 1.41 bits per heavy atom. The molecule has 0 unspecified atom stereocenters. The minimum atomic E-state index is 0.0216. The van der Waals surface area contributed by atoms with Gasteiger partial charge in [0.05, 0.1) is 6.20 Å². The Hall–Kier alpha value is -2.10. The number of amides is 1. The SMILES string of the molecule is CCC(=O)Nc1cccc(-c2cnn(C)c2)c1. The third-order valence-corrected chi connectivity index (χ3v) is 2.51. The van der Waals surface area contributed by atoms with Crippen LogP contribution in [0.2, 0.25) is 0 Å². The summed E-state index contributed by atoms with van der Waals surface area (Å²) in [6, 6.07) is 7.75. The maximum Gasteiger partial charge on any atom is 0.224 e. The molecule has 88 valence electrons. The molecule has 4 nitrogen and oxygen atoms in total. The van der Waals surface area contributed by atoms with Gasteiger partial charge in [0, 0.05) is 30.9 Å². The second-order valence-corrected chi connectivity index (χ2v) is 3.89. The van der Waals surface area contributed by atoms with Crippen LogP contribution in [0.15, 0.2) is 36.7 Å². The first-order valence-corrected chi connectivity index (χ1v) is 5.58. The van der Waals surface area contributed by atoms with E-state index in [1.165, 1.54) is 0 Å². The average molecular weight is 229 g/mol. The highest BCUT2D eigenvalue weighted by molar-refractivity contribution is 5.91. The molecule has 0 saturated heterocycles. The number of benzene rings is 1. The first kappa shape index (κ1) is 11.4. The van der Waals surface area contributed by atoms with Crippen LogP contribution in [0.4, 0.5) is 5.69 Å². The Kier molecular flexibility index (Phi) is 3.23. The molecule has 1 heterocycles. The van der Waals surface area contributed by atoms with E-state index >= 15 is 0 Å². The standard InChI is InChI=1S/C13H15N3O/c1-3-13(17)15-12-6-4-5-10(7-12)11-8-14-16(2)9-11/h4-9H,3H2,1-2H3,(H,15,17). The summed E-state index contributed by atoms with van der Waals surface area (Å²) in [4.78, 5) is 11.3. The number of hydrogen-bond donors (Lipinski definition) is 1. The van der Waals surface area contributed by atoms with E-state index in [4.69, 9.17) is 0 Å². The number of hydrogen-bond acceptors (Lipinski definition) is 2. The van der Waals surface area contributed by atoms with Crippen molar-refractivity contribution in [3.8, 4) is 11.1 Å². The number of nitrogens with one attached hydrogen (secondary N) is 1. The maximum absolute atomic E-state index is 11.3. The molecule has 0 atom stereocenters. The van der Waals surface area contributed by atoms with Crippen LogP contribution in [0.3, 0.4) is 0 Å². The van der Waals surface area contributed by atoms with Crippen LogP contribution in [-0.4, -0.2) is 15.7 Å². The topological polar surface area (TPSA) is 46.9 Å². The normalized spacial score (nSPS) is 10.2. The van der Waals surface area contributed by atoms with Crippen molar-refractivity contribution in [1.82, 2.24) is 9.78 Å². The zero-order valence-electron chi connectivity index (χ0n) is 9.97. The molecule has 0 aliphatic rings. The summed E-state index contributed by atoms with van der Waals surface area (Å²) in [6.45, 7) is 1.83. The fourth-order valence-corrected chi connectivity index (χ4v) is 1.60. The van der Waals surface area contributed by atoms with Crippen molar-refractivity contribution in [2.24, 2.45) is 7.05 Å². The minimum Gasteiger partial charge on any atom is -0.326 e. The zero-order valence-corrected chi connectivity index (χ0v) is 9.97. The molecule has 2 rings (SSSR count). The monoisotopic (exact) mass is 229 g/mol. The molecule has 1 N–H and O–H groups in total. The molecular formula is C13H15N3O. The number of carbonyl (C=O) groups excluding carboxylic acids is 1. The Morgan fingerprint density at radius 2 is 2.24 bits per heavy atom. The second kappa shape index (κ2) is 4.82. The molecule has 1 amide bonds. The Balaban J connectivity index is 2.25. The smallest absolute Gasteiger partial charge is 0.224 e. The van der Waals surface area contributed by atoms with Gasteiger partial charge >= 0.3 is 0 Å². The molecule has 0 spiro atoms. The first-order chi connectivity index (χ1) is 8.19. The predicted octanol–water partition coefficient (Wildman–Crippen LogP) is 2.44. The molecule has 0 aliphatic carbocycles. The molecule has 0 saturated carbocycles. The summed E-state index contributed by atoms with van der Waals surface area (Å²) >= 11 is 0. The van der Waals surface area contributed by atoms with Crippen LogP contribution in [0.1, 0.15) is 13.3 Å². The van der Waals surface area contributed by atoms with Gasteiger partial charge in [0.15, 0.2) is 0 Å². The van der Waals surface area contributed by atoms with E-state index in [0.29, 0.717) is 6.42 Å². The number of nitrogens with zero attached hydrogens (tertiary/aromatic N) is 2. The van der Waals surface area contributed by atoms with Gasteiger partial charge in [-0.05, 0) is 17.7 Å². The summed E-state index contributed by atoms with van der Waals surface area (Å²) in [6.07, 6.45) is 4.23. The lowest BCUT2D eigenvalue weighted by atomic mass is 10.1. The van der Waals surface area contributed by atoms with Crippen LogP contribution in [0.5, 0.6) is 0 Å². The van der Waals surface area contributed by atoms with Crippen molar-refractivity contribution in [3.05, 3.63) is 36.7 Å². The molecule has 0 aliphatic heterocycles. The first-order valence-electron chi connectivity index (χ1n) is 5.58. The van der Waals surface area contributed by atoms with E-state index in [1.54, 1.807) is 10.9 Å². The summed E-state index contributed by atoms with van der Waals surface area (Å²) in [5.41, 5.74) is 2.91. The number of carbonyl (C=O) groups is 1. The van der Waals surface area contributed by atoms with Crippen molar-refractivity contribution in [2.45, 2.75) is 13.3 Å². The van der Waals surface area contributed by atoms with E-state index < -0.39 is 0 Å². The van der Waals surface area contributed by atoms with E-state index in [1.807, 2.05) is 44.4 Å². The van der Waals surface area contributed by atoms with Crippen LogP contribution in [-0.2, 0) is 11.8 Å². The van der Waals surface area contributed by atoms with Gasteiger partial charge in [0.1, 0.15) is 0 Å². The van der Waals surface area contributed by atoms with Crippen LogP contribution in [0.25, 0.3) is 11.1 Å². The molecular weight excluding hydrogens is 214 g/mol. The highest BCUT2D eigenvalue weighted by Gasteiger charge is 2.03. The van der Waals surface area contributed by atoms with E-state index in [2.05, 4.69) is 10.4 Å². The van der Waals surface area contributed by atoms with E-state index in [9.17, 15) is 4.79 Å². The highest BCUT2D eigenvalue weighted by atomic mass is 16.1. The lowest BCUT2D eigenvalue weighted by molar-refractivity contribution is -0.115. The van der Waals surface area contributed by atoms with Crippen LogP contribution < -0.4 is 5.32 Å². The van der Waals surface area contributed by atoms with Gasteiger partial charge in [-0.1, -0.05) is 19.1 Å². The minimum absolute atomic E-state index is 0.0216. The highest BCUT2D eigenvalue weighted by Crippen LogP contribution is 2.21. The number of rotatable bonds is 3. The lowest BCUT2D eigenvalue weighted by Crippen LogP contribution is -2.09. The van der Waals surface area contributed by atoms with Gasteiger partial charge in [-0.25, -0.2) is 0 Å². The fraction of sp³-hybridized carbons (Fsp3) is 0.231. The molecule has 0 bridgehead atoms. The summed E-state index contributed by atoms with van der Waals surface area (Å²) in [7, 11) is 1.88. The predicted molar refractivity (Wildman–Crippen MR) is 67.6 cm³/mol. The molecule has 0 fully saturated rings. The Bertz CT molecular complexity index is 531. The summed E-state index contributed by atoms with van der Waals surface area (Å²) < 4.78 is 1.76. The second-order valence-electron chi connectivity index (χ2n) is 3.89. The van der Waals surface area contributed by atoms with Crippen LogP contribution >= 0.6 is 0 Å². The van der Waals surface area contributed by atoms with Gasteiger partial charge < -0.3 is 5.32 Å². The Morgan fingerprint density at radius 3 is 2.88 bits per heavy atom. The summed E-state index contributed by atoms with van der Waals surface area (Å²) in [5.74, 6) is 0.0216. The molecule has 1 aromatic heterocycles. The lowest BCUT2D eigenvalue weighted by Gasteiger charge is -2.05. The Labute approximate surface area is 100 Å². The van der Waals surface area contributed by atoms with Crippen molar-refractivity contribution in [2.75, 3.05) is 5.32 Å². The molecule has 2 aromatic rings. The van der Waals surface area contributed by atoms with Crippen molar-refractivity contribution in [1.29, 1.82) is 0 Å². The fourth-order valence-electron chi connectivity index (χ4n) is 1.60. The third kappa shape index (κ3) is 2.72. The van der Waals surface area contributed by atoms with Gasteiger partial charge in [0.25, 0.3) is 0 Å². The number of aryl methyl sites for hydroxylation is 1. The van der Waals surface area contributed by atoms with E-state index in [0.717, 1.165) is 16.8 Å². The largest absolute Gasteiger partial charge is 0.326 e. The summed E-state index contributed by atoms with van der Waals surface area (Å²) in [5, 5.41) is 6.97. The molecule has 4 heteroatoms. The maximum atomic E-state index is 11.3. The molecule has 17 heavy (non-hydrogen) atoms. The average Bonchev–Trinajstić information content (AvgIpc) is 2.76. The van der Waals surface area contributed by atoms with Gasteiger partial charge in [-0.2, -0.15) is 5.10 Å². The molecule has 0 radical (unpaired) electrons.